The Bertz CT molecular complexity index is 1400. The molecule has 0 aliphatic heterocycles. The lowest BCUT2D eigenvalue weighted by atomic mass is 10.1. The van der Waals surface area contributed by atoms with E-state index < -0.39 is 0 Å². The van der Waals surface area contributed by atoms with Crippen LogP contribution in [0.1, 0.15) is 11.1 Å². The number of thioether (sulfide) groups is 1. The molecule has 4 rings (SSSR count). The molecule has 0 atom stereocenters. The van der Waals surface area contributed by atoms with E-state index in [4.69, 9.17) is 21.1 Å². The van der Waals surface area contributed by atoms with Gasteiger partial charge in [0, 0.05) is 11.6 Å². The number of carbonyl (C=O) groups excluding carboxylic acids is 1. The van der Waals surface area contributed by atoms with Gasteiger partial charge in [0.05, 0.1) is 32.0 Å². The van der Waals surface area contributed by atoms with Crippen LogP contribution in [-0.2, 0) is 17.8 Å². The van der Waals surface area contributed by atoms with Crippen LogP contribution < -0.4 is 20.3 Å². The minimum absolute atomic E-state index is 0.135. The van der Waals surface area contributed by atoms with Gasteiger partial charge in [-0.15, -0.1) is 11.3 Å². The van der Waals surface area contributed by atoms with Crippen LogP contribution in [0.3, 0.4) is 0 Å². The van der Waals surface area contributed by atoms with E-state index in [9.17, 15) is 9.59 Å². The first-order chi connectivity index (χ1) is 17.0. The van der Waals surface area contributed by atoms with Crippen molar-refractivity contribution >= 4 is 50.8 Å². The van der Waals surface area contributed by atoms with Crippen molar-refractivity contribution in [3.8, 4) is 11.5 Å². The molecule has 0 fully saturated rings. The van der Waals surface area contributed by atoms with Crippen molar-refractivity contribution in [2.75, 3.05) is 26.5 Å². The van der Waals surface area contributed by atoms with Gasteiger partial charge in [-0.1, -0.05) is 47.6 Å². The third kappa shape index (κ3) is 5.98. The lowest BCUT2D eigenvalue weighted by Gasteiger charge is -2.13. The molecule has 0 unspecified atom stereocenters. The number of ether oxygens (including phenoxy) is 2. The van der Waals surface area contributed by atoms with Crippen LogP contribution in [0.5, 0.6) is 11.5 Å². The normalized spacial score (nSPS) is 10.9. The summed E-state index contributed by atoms with van der Waals surface area (Å²) in [6, 6.07) is 14.9. The number of amides is 1. The number of carbonyl (C=O) groups is 1. The number of halogens is 1. The summed E-state index contributed by atoms with van der Waals surface area (Å²) in [5.41, 5.74) is 2.33. The summed E-state index contributed by atoms with van der Waals surface area (Å²) in [6.07, 6.45) is 0.646. The smallest absolute Gasteiger partial charge is 0.272 e. The van der Waals surface area contributed by atoms with Gasteiger partial charge < -0.3 is 14.8 Å². The van der Waals surface area contributed by atoms with Crippen LogP contribution in [0, 0.1) is 0 Å². The average Bonchev–Trinajstić information content (AvgIpc) is 3.34. The highest BCUT2D eigenvalue weighted by Gasteiger charge is 2.15. The number of benzene rings is 2. The highest BCUT2D eigenvalue weighted by molar-refractivity contribution is 7.99. The van der Waals surface area contributed by atoms with Gasteiger partial charge in [0.15, 0.2) is 16.7 Å². The molecule has 2 aromatic carbocycles. The summed E-state index contributed by atoms with van der Waals surface area (Å²) in [7, 11) is 3.18. The maximum atomic E-state index is 13.2. The van der Waals surface area contributed by atoms with Crippen LogP contribution in [0.25, 0.3) is 10.2 Å². The minimum Gasteiger partial charge on any atom is -0.493 e. The average molecular weight is 530 g/mol. The van der Waals surface area contributed by atoms with E-state index in [1.54, 1.807) is 24.9 Å². The highest BCUT2D eigenvalue weighted by atomic mass is 35.5. The monoisotopic (exact) mass is 529 g/mol. The van der Waals surface area contributed by atoms with E-state index in [2.05, 4.69) is 10.3 Å². The summed E-state index contributed by atoms with van der Waals surface area (Å²) in [4.78, 5) is 30.3. The van der Waals surface area contributed by atoms with E-state index in [0.717, 1.165) is 11.1 Å². The Morgan fingerprint density at radius 3 is 2.71 bits per heavy atom. The van der Waals surface area contributed by atoms with Crippen LogP contribution >= 0.6 is 34.7 Å². The summed E-state index contributed by atoms with van der Waals surface area (Å²) >= 11 is 8.92. The third-order valence-corrected chi connectivity index (χ3v) is 7.57. The molecule has 7 nitrogen and oxygen atoms in total. The summed E-state index contributed by atoms with van der Waals surface area (Å²) < 4.78 is 12.8. The van der Waals surface area contributed by atoms with Crippen LogP contribution in [0.15, 0.2) is 63.9 Å². The second kappa shape index (κ2) is 11.6. The molecule has 0 spiro atoms. The molecule has 0 aliphatic rings. The summed E-state index contributed by atoms with van der Waals surface area (Å²) in [5.74, 6) is 1.31. The van der Waals surface area contributed by atoms with Crippen molar-refractivity contribution in [1.29, 1.82) is 0 Å². The van der Waals surface area contributed by atoms with Crippen LogP contribution in [0.2, 0.25) is 5.02 Å². The Hall–Kier alpha value is -3.01. The fraction of sp³-hybridized carbons (Fsp3) is 0.240. The predicted octanol–water partition coefficient (Wildman–Crippen LogP) is 4.63. The molecule has 182 valence electrons. The van der Waals surface area contributed by atoms with Crippen molar-refractivity contribution in [3.05, 3.63) is 80.4 Å². The topological polar surface area (TPSA) is 82.5 Å². The maximum absolute atomic E-state index is 13.2. The SMILES string of the molecule is COc1ccc(CCNC(=O)CSc2nc3ccsc3c(=O)n2Cc2ccccc2Cl)cc1OC. The Morgan fingerprint density at radius 2 is 1.94 bits per heavy atom. The van der Waals surface area contributed by atoms with Gasteiger partial charge in [-0.2, -0.15) is 0 Å². The van der Waals surface area contributed by atoms with Gasteiger partial charge >= 0.3 is 0 Å². The molecule has 2 heterocycles. The molecule has 35 heavy (non-hydrogen) atoms. The van der Waals surface area contributed by atoms with Crippen molar-refractivity contribution in [1.82, 2.24) is 14.9 Å². The first kappa shape index (κ1) is 25.1. The Morgan fingerprint density at radius 1 is 1.14 bits per heavy atom. The molecule has 0 aliphatic carbocycles. The van der Waals surface area contributed by atoms with Gasteiger partial charge in [0.25, 0.3) is 5.56 Å². The predicted molar refractivity (Wildman–Crippen MR) is 141 cm³/mol. The first-order valence-electron chi connectivity index (χ1n) is 10.8. The molecule has 2 aromatic heterocycles. The number of thiophene rings is 1. The number of rotatable bonds is 10. The zero-order valence-electron chi connectivity index (χ0n) is 19.2. The number of nitrogens with zero attached hydrogens (tertiary/aromatic N) is 2. The highest BCUT2D eigenvalue weighted by Crippen LogP contribution is 2.27. The number of hydrogen-bond acceptors (Lipinski definition) is 7. The van der Waals surface area contributed by atoms with E-state index in [1.807, 2.05) is 47.8 Å². The largest absolute Gasteiger partial charge is 0.493 e. The van der Waals surface area contributed by atoms with Gasteiger partial charge in [0.1, 0.15) is 4.70 Å². The molecule has 0 saturated carbocycles. The Balaban J connectivity index is 1.42. The number of methoxy groups -OCH3 is 2. The molecule has 1 N–H and O–H groups in total. The Kier molecular flexibility index (Phi) is 8.33. The van der Waals surface area contributed by atoms with Gasteiger partial charge in [0.2, 0.25) is 5.91 Å². The standard InChI is InChI=1S/C25H24ClN3O4S2/c1-32-20-8-7-16(13-21(20)33-2)9-11-27-22(30)15-35-25-28-19-10-12-34-23(19)24(31)29(25)14-17-5-3-4-6-18(17)26/h3-8,10,12-13H,9,11,14-15H2,1-2H3,(H,27,30). The van der Waals surface area contributed by atoms with E-state index in [-0.39, 0.29) is 23.8 Å². The number of fused-ring (bicyclic) bond motifs is 1. The van der Waals surface area contributed by atoms with E-state index >= 15 is 0 Å². The van der Waals surface area contributed by atoms with Gasteiger partial charge in [-0.3, -0.25) is 14.2 Å². The third-order valence-electron chi connectivity index (χ3n) is 5.33. The van der Waals surface area contributed by atoms with Gasteiger partial charge in [-0.05, 0) is 47.2 Å². The summed E-state index contributed by atoms with van der Waals surface area (Å²) in [5, 5.41) is 5.83. The lowest BCUT2D eigenvalue weighted by molar-refractivity contribution is -0.118. The molecule has 0 radical (unpaired) electrons. The van der Waals surface area contributed by atoms with Crippen molar-refractivity contribution in [2.24, 2.45) is 0 Å². The maximum Gasteiger partial charge on any atom is 0.272 e. The zero-order valence-corrected chi connectivity index (χ0v) is 21.6. The second-order valence-electron chi connectivity index (χ2n) is 7.59. The molecule has 1 amide bonds. The number of nitrogens with one attached hydrogen (secondary N) is 1. The van der Waals surface area contributed by atoms with E-state index in [1.165, 1.54) is 23.1 Å². The first-order valence-corrected chi connectivity index (χ1v) is 13.1. The second-order valence-corrected chi connectivity index (χ2v) is 9.86. The van der Waals surface area contributed by atoms with Crippen LogP contribution in [-0.4, -0.2) is 42.0 Å². The molecular formula is C25H24ClN3O4S2. The minimum atomic E-state index is -0.139. The number of hydrogen-bond donors (Lipinski definition) is 1. The van der Waals surface area contributed by atoms with Crippen molar-refractivity contribution in [2.45, 2.75) is 18.1 Å². The van der Waals surface area contributed by atoms with E-state index in [0.29, 0.717) is 44.9 Å². The fourth-order valence-corrected chi connectivity index (χ4v) is 5.34. The Labute approximate surface area is 216 Å². The zero-order chi connectivity index (χ0) is 24.8. The molecule has 0 bridgehead atoms. The molecule has 0 saturated heterocycles. The number of aromatic nitrogens is 2. The molecule has 4 aromatic rings. The fourth-order valence-electron chi connectivity index (χ4n) is 3.53. The van der Waals surface area contributed by atoms with Crippen molar-refractivity contribution < 1.29 is 14.3 Å². The quantitative estimate of drug-likeness (QED) is 0.238. The molecular weight excluding hydrogens is 506 g/mol. The molecule has 10 heteroatoms. The van der Waals surface area contributed by atoms with Crippen molar-refractivity contribution in [3.63, 3.8) is 0 Å². The lowest BCUT2D eigenvalue weighted by Crippen LogP contribution is -2.28. The van der Waals surface area contributed by atoms with Gasteiger partial charge in [-0.25, -0.2) is 4.98 Å². The van der Waals surface area contributed by atoms with Crippen LogP contribution in [0.4, 0.5) is 0 Å². The summed E-state index contributed by atoms with van der Waals surface area (Å²) in [6.45, 7) is 0.751.